The van der Waals surface area contributed by atoms with Crippen molar-refractivity contribution >= 4 is 23.8 Å². The third-order valence-electron chi connectivity index (χ3n) is 6.42. The van der Waals surface area contributed by atoms with Crippen molar-refractivity contribution in [2.24, 2.45) is 5.73 Å². The Kier molecular flexibility index (Phi) is 11.2. The molecule has 0 saturated heterocycles. The molecular formula is C29H42N4O5. The lowest BCUT2D eigenvalue weighted by Crippen LogP contribution is -2.58. The molecule has 0 spiro atoms. The van der Waals surface area contributed by atoms with Gasteiger partial charge in [-0.1, -0.05) is 31.4 Å². The zero-order chi connectivity index (χ0) is 28.5. The minimum atomic E-state index is -1.11. The number of amides is 4. The Morgan fingerprint density at radius 2 is 1.76 bits per heavy atom. The molecule has 4 N–H and O–H groups in total. The number of hydrogen-bond donors (Lipinski definition) is 3. The number of hydrogen-bond acceptors (Lipinski definition) is 5. The molecule has 1 aromatic rings. The van der Waals surface area contributed by atoms with Crippen molar-refractivity contribution in [1.29, 1.82) is 0 Å². The molecule has 208 valence electrons. The molecule has 0 bridgehead atoms. The van der Waals surface area contributed by atoms with Gasteiger partial charge in [0.2, 0.25) is 17.7 Å². The molecule has 0 heterocycles. The van der Waals surface area contributed by atoms with Gasteiger partial charge in [0.25, 0.3) is 0 Å². The van der Waals surface area contributed by atoms with E-state index in [1.165, 1.54) is 0 Å². The average Bonchev–Trinajstić information content (AvgIpc) is 2.79. The number of primary amides is 1. The molecule has 0 aromatic heterocycles. The molecule has 9 nitrogen and oxygen atoms in total. The van der Waals surface area contributed by atoms with Crippen LogP contribution in [0.15, 0.2) is 24.3 Å². The smallest absolute Gasteiger partial charge is 0.408 e. The van der Waals surface area contributed by atoms with Crippen molar-refractivity contribution in [3.8, 4) is 12.3 Å². The summed E-state index contributed by atoms with van der Waals surface area (Å²) in [6.45, 7) is 9.10. The van der Waals surface area contributed by atoms with Crippen molar-refractivity contribution in [3.05, 3.63) is 35.4 Å². The Balaban J connectivity index is 2.50. The summed E-state index contributed by atoms with van der Waals surface area (Å²) in [5.74, 6) is 1.19. The summed E-state index contributed by atoms with van der Waals surface area (Å²) in [4.78, 5) is 53.7. The maximum atomic E-state index is 14.1. The molecular weight excluding hydrogens is 484 g/mol. The third-order valence-corrected chi connectivity index (χ3v) is 6.42. The van der Waals surface area contributed by atoms with Crippen LogP contribution in [-0.2, 0) is 19.1 Å². The lowest BCUT2D eigenvalue weighted by atomic mass is 9.87. The Bertz CT molecular complexity index is 1020. The van der Waals surface area contributed by atoms with Gasteiger partial charge in [-0.2, -0.15) is 0 Å². The first-order valence-corrected chi connectivity index (χ1v) is 13.3. The highest BCUT2D eigenvalue weighted by Gasteiger charge is 2.42. The van der Waals surface area contributed by atoms with Crippen LogP contribution in [0.3, 0.4) is 0 Å². The fourth-order valence-corrected chi connectivity index (χ4v) is 4.38. The Labute approximate surface area is 226 Å². The number of carbonyl (C=O) groups excluding carboxylic acids is 4. The monoisotopic (exact) mass is 526 g/mol. The normalized spacial score (nSPS) is 15.7. The summed E-state index contributed by atoms with van der Waals surface area (Å²) >= 11 is 0. The molecule has 38 heavy (non-hydrogen) atoms. The summed E-state index contributed by atoms with van der Waals surface area (Å²) in [7, 11) is 0. The van der Waals surface area contributed by atoms with E-state index in [0.717, 1.165) is 32.1 Å². The van der Waals surface area contributed by atoms with Crippen molar-refractivity contribution in [2.45, 2.75) is 109 Å². The highest BCUT2D eigenvalue weighted by atomic mass is 16.6. The Hall–Kier alpha value is -3.54. The maximum Gasteiger partial charge on any atom is 0.408 e. The van der Waals surface area contributed by atoms with E-state index in [-0.39, 0.29) is 30.8 Å². The van der Waals surface area contributed by atoms with Gasteiger partial charge in [-0.3, -0.25) is 14.4 Å². The van der Waals surface area contributed by atoms with Crippen LogP contribution in [0.5, 0.6) is 0 Å². The van der Waals surface area contributed by atoms with Gasteiger partial charge in [0, 0.05) is 24.1 Å². The minimum absolute atomic E-state index is 0.0206. The van der Waals surface area contributed by atoms with Crippen LogP contribution < -0.4 is 16.4 Å². The molecule has 0 radical (unpaired) electrons. The summed E-state index contributed by atoms with van der Waals surface area (Å²) in [6, 6.07) is 4.62. The topological polar surface area (TPSA) is 131 Å². The van der Waals surface area contributed by atoms with Crippen LogP contribution in [-0.4, -0.2) is 52.4 Å². The first kappa shape index (κ1) is 30.7. The Morgan fingerprint density at radius 1 is 1.13 bits per heavy atom. The number of alkyl carbamates (subject to hydrolysis) is 1. The number of terminal acetylenes is 1. The second-order valence-corrected chi connectivity index (χ2v) is 10.9. The highest BCUT2D eigenvalue weighted by molar-refractivity contribution is 5.93. The number of rotatable bonds is 12. The summed E-state index contributed by atoms with van der Waals surface area (Å²) < 4.78 is 5.37. The van der Waals surface area contributed by atoms with E-state index in [0.29, 0.717) is 11.1 Å². The van der Waals surface area contributed by atoms with Crippen LogP contribution >= 0.6 is 0 Å². The first-order chi connectivity index (χ1) is 17.9. The Morgan fingerprint density at radius 3 is 2.24 bits per heavy atom. The average molecular weight is 527 g/mol. The number of nitrogens with zero attached hydrogens (tertiary/aromatic N) is 1. The molecule has 2 rings (SSSR count). The van der Waals surface area contributed by atoms with E-state index >= 15 is 0 Å². The van der Waals surface area contributed by atoms with Crippen molar-refractivity contribution in [2.75, 3.05) is 0 Å². The quantitative estimate of drug-likeness (QED) is 0.359. The summed E-state index contributed by atoms with van der Waals surface area (Å²) in [5, 5.41) is 5.67. The van der Waals surface area contributed by atoms with Crippen molar-refractivity contribution in [1.82, 2.24) is 15.5 Å². The molecule has 1 aliphatic rings. The standard InChI is InChI=1S/C29H42N4O5/c1-7-10-19(3)31-26(35)25(21-15-13-20(8-2)14-16-21)33(22-11-9-12-22)27(36)23(17-18-24(30)34)32-28(37)38-29(4,5)6/h2,13-16,19,22-23,25H,7,9-12,17-18H2,1,3-6H3,(H2,30,34)(H,31,35)(H,32,37). The molecule has 4 amide bonds. The largest absolute Gasteiger partial charge is 0.444 e. The lowest BCUT2D eigenvalue weighted by Gasteiger charge is -2.44. The van der Waals surface area contributed by atoms with Gasteiger partial charge in [-0.05, 0) is 77.5 Å². The molecule has 3 unspecified atom stereocenters. The molecule has 0 aliphatic heterocycles. The summed E-state index contributed by atoms with van der Waals surface area (Å²) in [5.41, 5.74) is 5.84. The van der Waals surface area contributed by atoms with E-state index in [2.05, 4.69) is 16.6 Å². The SMILES string of the molecule is C#Cc1ccc(C(C(=O)NC(C)CCC)N(C(=O)C(CCC(N)=O)NC(=O)OC(C)(C)C)C2CCC2)cc1. The van der Waals surface area contributed by atoms with Crippen LogP contribution in [0.25, 0.3) is 0 Å². The third kappa shape index (κ3) is 9.09. The first-order valence-electron chi connectivity index (χ1n) is 13.3. The minimum Gasteiger partial charge on any atom is -0.444 e. The maximum absolute atomic E-state index is 14.1. The fraction of sp³-hybridized carbons (Fsp3) is 0.586. The van der Waals surface area contributed by atoms with E-state index in [9.17, 15) is 19.2 Å². The van der Waals surface area contributed by atoms with Crippen LogP contribution in [0.1, 0.15) is 96.7 Å². The van der Waals surface area contributed by atoms with Crippen LogP contribution in [0.2, 0.25) is 0 Å². The molecule has 1 aliphatic carbocycles. The molecule has 1 saturated carbocycles. The predicted molar refractivity (Wildman–Crippen MR) is 146 cm³/mol. The number of ether oxygens (including phenoxy) is 1. The van der Waals surface area contributed by atoms with E-state index in [1.807, 2.05) is 13.8 Å². The number of nitrogens with one attached hydrogen (secondary N) is 2. The predicted octanol–water partition coefficient (Wildman–Crippen LogP) is 3.55. The van der Waals surface area contributed by atoms with Gasteiger partial charge in [0.1, 0.15) is 17.7 Å². The van der Waals surface area contributed by atoms with Crippen LogP contribution in [0, 0.1) is 12.3 Å². The molecule has 9 heteroatoms. The lowest BCUT2D eigenvalue weighted by molar-refractivity contribution is -0.148. The highest BCUT2D eigenvalue weighted by Crippen LogP contribution is 2.34. The van der Waals surface area contributed by atoms with Gasteiger partial charge in [0.15, 0.2) is 0 Å². The number of benzene rings is 1. The molecule has 1 aromatic carbocycles. The van der Waals surface area contributed by atoms with E-state index < -0.39 is 35.6 Å². The zero-order valence-corrected chi connectivity index (χ0v) is 23.2. The second-order valence-electron chi connectivity index (χ2n) is 10.9. The molecule has 3 atom stereocenters. The van der Waals surface area contributed by atoms with Crippen molar-refractivity contribution < 1.29 is 23.9 Å². The molecule has 1 fully saturated rings. The van der Waals surface area contributed by atoms with Gasteiger partial charge in [-0.15, -0.1) is 6.42 Å². The van der Waals surface area contributed by atoms with Gasteiger partial charge < -0.3 is 26.0 Å². The van der Waals surface area contributed by atoms with E-state index in [4.69, 9.17) is 16.9 Å². The second kappa shape index (κ2) is 13.8. The zero-order valence-electron chi connectivity index (χ0n) is 23.2. The number of carbonyl (C=O) groups is 4. The summed E-state index contributed by atoms with van der Waals surface area (Å²) in [6.07, 6.45) is 8.63. The van der Waals surface area contributed by atoms with Crippen molar-refractivity contribution in [3.63, 3.8) is 0 Å². The van der Waals surface area contributed by atoms with Crippen LogP contribution in [0.4, 0.5) is 4.79 Å². The van der Waals surface area contributed by atoms with Gasteiger partial charge in [-0.25, -0.2) is 4.79 Å². The number of nitrogens with two attached hydrogens (primary N) is 1. The fourth-order valence-electron chi connectivity index (χ4n) is 4.38. The van der Waals surface area contributed by atoms with Gasteiger partial charge >= 0.3 is 6.09 Å². The van der Waals surface area contributed by atoms with Gasteiger partial charge in [0.05, 0.1) is 0 Å². The van der Waals surface area contributed by atoms with E-state index in [1.54, 1.807) is 49.9 Å².